The zero-order chi connectivity index (χ0) is 20.1. The Hall–Kier alpha value is -3.30. The van der Waals surface area contributed by atoms with E-state index >= 15 is 0 Å². The molecule has 3 aromatic rings. The molecule has 2 aliphatic rings. The molecule has 0 atom stereocenters. The zero-order valence-corrected chi connectivity index (χ0v) is 16.2. The Balaban J connectivity index is 1.62. The number of thiazole rings is 1. The van der Waals surface area contributed by atoms with Gasteiger partial charge in [0.25, 0.3) is 5.91 Å². The van der Waals surface area contributed by atoms with Crippen molar-refractivity contribution in [2.45, 2.75) is 0 Å². The van der Waals surface area contributed by atoms with Crippen LogP contribution in [0.5, 0.6) is 17.4 Å². The molecular formula is C20H11FN2O4S2. The van der Waals surface area contributed by atoms with Crippen molar-refractivity contribution in [3.63, 3.8) is 0 Å². The van der Waals surface area contributed by atoms with E-state index in [0.717, 1.165) is 11.3 Å². The number of amides is 1. The summed E-state index contributed by atoms with van der Waals surface area (Å²) in [6.45, 7) is 0.125. The van der Waals surface area contributed by atoms with Crippen LogP contribution in [0, 0.1) is 9.77 Å². The summed E-state index contributed by atoms with van der Waals surface area (Å²) in [5, 5.41) is 11.8. The molecule has 1 aromatic heterocycles. The van der Waals surface area contributed by atoms with E-state index in [-0.39, 0.29) is 18.2 Å². The molecule has 0 spiro atoms. The van der Waals surface area contributed by atoms with Crippen molar-refractivity contribution in [3.8, 4) is 23.1 Å². The molecule has 0 aliphatic carbocycles. The summed E-state index contributed by atoms with van der Waals surface area (Å²) in [5.74, 6) is 0.0616. The van der Waals surface area contributed by atoms with Crippen molar-refractivity contribution < 1.29 is 23.8 Å². The molecule has 1 N–H and O–H groups in total. The number of nitrogens with zero attached hydrogens (tertiary/aromatic N) is 2. The monoisotopic (exact) mass is 426 g/mol. The van der Waals surface area contributed by atoms with Gasteiger partial charge >= 0.3 is 0 Å². The van der Waals surface area contributed by atoms with Crippen LogP contribution in [-0.4, -0.2) is 22.4 Å². The van der Waals surface area contributed by atoms with E-state index in [1.807, 2.05) is 0 Å². The maximum atomic E-state index is 13.6. The molecule has 6 nitrogen and oxygen atoms in total. The van der Waals surface area contributed by atoms with Crippen molar-refractivity contribution in [1.82, 2.24) is 4.57 Å². The van der Waals surface area contributed by atoms with E-state index in [9.17, 15) is 14.3 Å². The van der Waals surface area contributed by atoms with Gasteiger partial charge in [-0.25, -0.2) is 9.38 Å². The zero-order valence-electron chi connectivity index (χ0n) is 14.6. The summed E-state index contributed by atoms with van der Waals surface area (Å²) >= 11 is 6.43. The molecule has 1 amide bonds. The molecule has 9 heteroatoms. The number of ether oxygens (including phenoxy) is 2. The normalized spacial score (nSPS) is 15.8. The van der Waals surface area contributed by atoms with Gasteiger partial charge in [-0.2, -0.15) is 0 Å². The molecule has 0 radical (unpaired) electrons. The van der Waals surface area contributed by atoms with E-state index < -0.39 is 11.7 Å². The Kier molecular flexibility index (Phi) is 4.07. The van der Waals surface area contributed by atoms with Crippen molar-refractivity contribution in [2.75, 3.05) is 6.79 Å². The van der Waals surface area contributed by atoms with Gasteiger partial charge in [0.15, 0.2) is 15.5 Å². The predicted molar refractivity (Wildman–Crippen MR) is 107 cm³/mol. The molecular weight excluding hydrogens is 415 g/mol. The first kappa shape index (κ1) is 17.8. The van der Waals surface area contributed by atoms with E-state index in [4.69, 9.17) is 21.7 Å². The second-order valence-electron chi connectivity index (χ2n) is 6.30. The third kappa shape index (κ3) is 3.04. The molecule has 5 rings (SSSR count). The Morgan fingerprint density at radius 3 is 2.83 bits per heavy atom. The van der Waals surface area contributed by atoms with Crippen LogP contribution in [0.2, 0.25) is 0 Å². The molecule has 0 unspecified atom stereocenters. The Bertz CT molecular complexity index is 1400. The second kappa shape index (κ2) is 6.64. The molecule has 0 saturated heterocycles. The van der Waals surface area contributed by atoms with Crippen molar-refractivity contribution in [1.29, 1.82) is 0 Å². The van der Waals surface area contributed by atoms with Crippen LogP contribution in [-0.2, 0) is 4.79 Å². The van der Waals surface area contributed by atoms with E-state index in [1.165, 1.54) is 28.8 Å². The first-order chi connectivity index (χ1) is 14.0. The number of benzene rings is 2. The second-order valence-corrected chi connectivity index (χ2v) is 7.97. The SMILES string of the molecule is O=C1N=c2cc3c(cc2=C/C1=C\c1sc(=S)n(-c2cccc(F)c2)c1O)OCO3. The quantitative estimate of drug-likeness (QED) is 0.504. The lowest BCUT2D eigenvalue weighted by atomic mass is 10.1. The van der Waals surface area contributed by atoms with Crippen LogP contribution in [0.25, 0.3) is 17.8 Å². The molecule has 2 aromatic carbocycles. The van der Waals surface area contributed by atoms with Gasteiger partial charge in [0.2, 0.25) is 12.7 Å². The van der Waals surface area contributed by atoms with E-state index in [0.29, 0.717) is 36.6 Å². The van der Waals surface area contributed by atoms with Crippen LogP contribution in [0.1, 0.15) is 4.88 Å². The number of aromatic hydroxyl groups is 1. The smallest absolute Gasteiger partial charge is 0.277 e. The molecule has 2 aliphatic heterocycles. The van der Waals surface area contributed by atoms with Crippen molar-refractivity contribution in [2.24, 2.45) is 4.99 Å². The first-order valence-electron chi connectivity index (χ1n) is 8.46. The van der Waals surface area contributed by atoms with Gasteiger partial charge in [0.05, 0.1) is 15.9 Å². The third-order valence-corrected chi connectivity index (χ3v) is 5.78. The number of carbonyl (C=O) groups is 1. The Morgan fingerprint density at radius 2 is 2.03 bits per heavy atom. The lowest BCUT2D eigenvalue weighted by Gasteiger charge is -2.06. The topological polar surface area (TPSA) is 73.1 Å². The number of halogens is 1. The van der Waals surface area contributed by atoms with E-state index in [1.54, 1.807) is 24.3 Å². The van der Waals surface area contributed by atoms with Crippen molar-refractivity contribution >= 4 is 41.6 Å². The minimum atomic E-state index is -0.451. The highest BCUT2D eigenvalue weighted by molar-refractivity contribution is 7.73. The van der Waals surface area contributed by atoms with Gasteiger partial charge in [0.1, 0.15) is 5.82 Å². The Morgan fingerprint density at radius 1 is 1.24 bits per heavy atom. The summed E-state index contributed by atoms with van der Waals surface area (Å²) in [7, 11) is 0. The highest BCUT2D eigenvalue weighted by atomic mass is 32.1. The van der Waals surface area contributed by atoms with Crippen LogP contribution < -0.4 is 20.0 Å². The van der Waals surface area contributed by atoms with Gasteiger partial charge in [0, 0.05) is 16.9 Å². The fourth-order valence-corrected chi connectivity index (χ4v) is 4.43. The lowest BCUT2D eigenvalue weighted by molar-refractivity contribution is -0.114. The maximum absolute atomic E-state index is 13.6. The number of aromatic nitrogens is 1. The average molecular weight is 426 g/mol. The number of rotatable bonds is 2. The van der Waals surface area contributed by atoms with Gasteiger partial charge in [-0.15, -0.1) is 11.3 Å². The summed E-state index contributed by atoms with van der Waals surface area (Å²) < 4.78 is 25.9. The maximum Gasteiger partial charge on any atom is 0.277 e. The summed E-state index contributed by atoms with van der Waals surface area (Å²) in [6.07, 6.45) is 3.19. The highest BCUT2D eigenvalue weighted by Crippen LogP contribution is 2.32. The molecule has 3 heterocycles. The summed E-state index contributed by atoms with van der Waals surface area (Å²) in [4.78, 5) is 17.0. The predicted octanol–water partition coefficient (Wildman–Crippen LogP) is 2.87. The molecule has 0 saturated carbocycles. The minimum absolute atomic E-state index is 0.125. The van der Waals surface area contributed by atoms with Crippen LogP contribution >= 0.6 is 23.6 Å². The standard InChI is InChI=1S/C20H11FN2O4S2/c21-12-2-1-3-13(7-12)23-19(25)17(29-20(23)28)6-11-4-10-5-15-16(27-9-26-15)8-14(10)22-18(11)24/h1-8,25H,9H2/b11-6+. The molecule has 0 fully saturated rings. The third-order valence-electron chi connectivity index (χ3n) is 4.47. The average Bonchev–Trinajstić information content (AvgIpc) is 3.24. The fraction of sp³-hybridized carbons (Fsp3) is 0.0500. The minimum Gasteiger partial charge on any atom is -0.493 e. The number of hydrogen-bond acceptors (Lipinski definition) is 6. The molecule has 144 valence electrons. The Labute approximate surface area is 172 Å². The lowest BCUT2D eigenvalue weighted by Crippen LogP contribution is -2.30. The number of carbonyl (C=O) groups excluding carboxylic acids is 1. The van der Waals surface area contributed by atoms with Crippen LogP contribution in [0.15, 0.2) is 47.0 Å². The number of hydrogen-bond donors (Lipinski definition) is 1. The van der Waals surface area contributed by atoms with E-state index in [2.05, 4.69) is 4.99 Å². The van der Waals surface area contributed by atoms with Gasteiger partial charge in [-0.05, 0) is 48.6 Å². The summed E-state index contributed by atoms with van der Waals surface area (Å²) in [6, 6.07) is 9.14. The van der Waals surface area contributed by atoms with Gasteiger partial charge < -0.3 is 14.6 Å². The molecule has 29 heavy (non-hydrogen) atoms. The molecule has 0 bridgehead atoms. The summed E-state index contributed by atoms with van der Waals surface area (Å²) in [5.41, 5.74) is 0.685. The highest BCUT2D eigenvalue weighted by Gasteiger charge is 2.19. The van der Waals surface area contributed by atoms with Crippen LogP contribution in [0.3, 0.4) is 0 Å². The van der Waals surface area contributed by atoms with Gasteiger partial charge in [-0.1, -0.05) is 6.07 Å². The van der Waals surface area contributed by atoms with Gasteiger partial charge in [-0.3, -0.25) is 9.36 Å². The first-order valence-corrected chi connectivity index (χ1v) is 9.69. The van der Waals surface area contributed by atoms with Crippen molar-refractivity contribution in [3.05, 3.63) is 67.2 Å². The fourth-order valence-electron chi connectivity index (χ4n) is 3.13. The van der Waals surface area contributed by atoms with Crippen LogP contribution in [0.4, 0.5) is 4.39 Å². The number of fused-ring (bicyclic) bond motifs is 2. The largest absolute Gasteiger partial charge is 0.493 e.